The Hall–Kier alpha value is -3.15. The van der Waals surface area contributed by atoms with Gasteiger partial charge in [-0.05, 0) is 81.3 Å². The molecule has 6 heteroatoms. The van der Waals surface area contributed by atoms with Crippen LogP contribution in [0.15, 0.2) is 29.8 Å². The van der Waals surface area contributed by atoms with Crippen molar-refractivity contribution in [1.29, 1.82) is 0 Å². The van der Waals surface area contributed by atoms with Crippen molar-refractivity contribution in [3.63, 3.8) is 0 Å². The minimum atomic E-state index is -0.562. The lowest BCUT2D eigenvalue weighted by Gasteiger charge is -2.21. The van der Waals surface area contributed by atoms with Crippen LogP contribution in [-0.4, -0.2) is 34.0 Å². The van der Waals surface area contributed by atoms with Crippen molar-refractivity contribution in [2.45, 2.75) is 40.5 Å². The number of hydrogen-bond acceptors (Lipinski definition) is 5. The van der Waals surface area contributed by atoms with Crippen LogP contribution in [0, 0.1) is 27.7 Å². The number of carbonyl (C=O) groups excluding carboxylic acids is 1. The fourth-order valence-corrected chi connectivity index (χ4v) is 3.58. The van der Waals surface area contributed by atoms with Crippen molar-refractivity contribution in [2.75, 3.05) is 27.9 Å². The lowest BCUT2D eigenvalue weighted by molar-refractivity contribution is 0.197. The lowest BCUT2D eigenvalue weighted by Crippen LogP contribution is -2.29. The van der Waals surface area contributed by atoms with E-state index in [4.69, 9.17) is 25.9 Å². The number of ether oxygens (including phenoxy) is 4. The second kappa shape index (κ2) is 11.5. The number of hydrogen-bond donors (Lipinski definition) is 1. The van der Waals surface area contributed by atoms with Crippen LogP contribution in [0.5, 0.6) is 23.0 Å². The fraction of sp³-hybridized carbons (Fsp3) is 0.385. The SMILES string of the molecule is [CH]/C(C)=C/Cc1c(C)c(OC)c(OC)c(OC(=O)NCCc2ccc(C)c(OC)c2)c1C. The molecule has 0 aliphatic rings. The second-order valence-corrected chi connectivity index (χ2v) is 7.65. The molecule has 0 aliphatic heterocycles. The van der Waals surface area contributed by atoms with E-state index in [1.165, 1.54) is 7.11 Å². The molecule has 2 aromatic rings. The third-order valence-corrected chi connectivity index (χ3v) is 5.39. The van der Waals surface area contributed by atoms with Gasteiger partial charge >= 0.3 is 6.09 Å². The van der Waals surface area contributed by atoms with Crippen molar-refractivity contribution in [3.8, 4) is 23.0 Å². The van der Waals surface area contributed by atoms with Crippen LogP contribution in [0.25, 0.3) is 0 Å². The fourth-order valence-electron chi connectivity index (χ4n) is 3.58. The van der Waals surface area contributed by atoms with E-state index >= 15 is 0 Å². The van der Waals surface area contributed by atoms with E-state index in [0.29, 0.717) is 42.2 Å². The van der Waals surface area contributed by atoms with E-state index in [2.05, 4.69) is 5.32 Å². The van der Waals surface area contributed by atoms with E-state index in [1.54, 1.807) is 14.2 Å². The van der Waals surface area contributed by atoms with E-state index in [-0.39, 0.29) is 0 Å². The summed E-state index contributed by atoms with van der Waals surface area (Å²) in [5.74, 6) is 2.08. The van der Waals surface area contributed by atoms with Crippen LogP contribution >= 0.6 is 0 Å². The molecule has 2 rings (SSSR count). The molecule has 6 nitrogen and oxygen atoms in total. The van der Waals surface area contributed by atoms with Gasteiger partial charge in [-0.25, -0.2) is 4.79 Å². The maximum absolute atomic E-state index is 12.6. The molecule has 0 saturated heterocycles. The third kappa shape index (κ3) is 5.96. The Kier molecular flexibility index (Phi) is 9.00. The molecule has 1 N–H and O–H groups in total. The molecule has 32 heavy (non-hydrogen) atoms. The van der Waals surface area contributed by atoms with Crippen LogP contribution in [-0.2, 0) is 12.8 Å². The molecule has 0 heterocycles. The molecular formula is C26H33NO5. The zero-order valence-electron chi connectivity index (χ0n) is 20.0. The van der Waals surface area contributed by atoms with Gasteiger partial charge in [0.2, 0.25) is 5.75 Å². The van der Waals surface area contributed by atoms with Crippen molar-refractivity contribution < 1.29 is 23.7 Å². The van der Waals surface area contributed by atoms with Gasteiger partial charge in [0.15, 0.2) is 11.5 Å². The molecule has 0 atom stereocenters. The van der Waals surface area contributed by atoms with E-state index in [0.717, 1.165) is 33.6 Å². The maximum Gasteiger partial charge on any atom is 0.412 e. The highest BCUT2D eigenvalue weighted by molar-refractivity contribution is 5.74. The molecule has 2 aromatic carbocycles. The number of nitrogens with one attached hydrogen (secondary N) is 1. The standard InChI is InChI=1S/C26H33NO5/c1-16(2)9-12-21-18(4)23(30-7)25(31-8)24(19(21)5)32-26(28)27-14-13-20-11-10-17(3)22(15-20)29-6/h1,9-11,15H,12-14H2,2-8H3,(H,27,28)/b16-9-. The lowest BCUT2D eigenvalue weighted by atomic mass is 9.96. The minimum Gasteiger partial charge on any atom is -0.496 e. The molecule has 2 radical (unpaired) electrons. The van der Waals surface area contributed by atoms with Gasteiger partial charge in [-0.15, -0.1) is 0 Å². The maximum atomic E-state index is 12.6. The molecule has 0 unspecified atom stereocenters. The zero-order chi connectivity index (χ0) is 23.8. The number of carbonyl (C=O) groups is 1. The monoisotopic (exact) mass is 439 g/mol. The van der Waals surface area contributed by atoms with Gasteiger partial charge < -0.3 is 24.3 Å². The van der Waals surface area contributed by atoms with Crippen LogP contribution < -0.4 is 24.3 Å². The first-order valence-electron chi connectivity index (χ1n) is 10.5. The molecule has 1 amide bonds. The van der Waals surface area contributed by atoms with Gasteiger partial charge in [-0.2, -0.15) is 0 Å². The van der Waals surface area contributed by atoms with Crippen LogP contribution in [0.1, 0.15) is 34.7 Å². The highest BCUT2D eigenvalue weighted by Gasteiger charge is 2.24. The Labute approximate surface area is 191 Å². The second-order valence-electron chi connectivity index (χ2n) is 7.65. The predicted molar refractivity (Wildman–Crippen MR) is 126 cm³/mol. The van der Waals surface area contributed by atoms with Gasteiger partial charge in [0.05, 0.1) is 21.3 Å². The number of amides is 1. The summed E-state index contributed by atoms with van der Waals surface area (Å²) >= 11 is 0. The van der Waals surface area contributed by atoms with Gasteiger partial charge in [0, 0.05) is 6.54 Å². The number of rotatable bonds is 9. The number of benzene rings is 2. The summed E-state index contributed by atoms with van der Waals surface area (Å²) in [5.41, 5.74) is 5.53. The number of aryl methyl sites for hydroxylation is 1. The van der Waals surface area contributed by atoms with Crippen molar-refractivity contribution >= 4 is 6.09 Å². The highest BCUT2D eigenvalue weighted by Crippen LogP contribution is 2.45. The summed E-state index contributed by atoms with van der Waals surface area (Å²) in [5, 5.41) is 2.80. The van der Waals surface area contributed by atoms with Crippen LogP contribution in [0.2, 0.25) is 0 Å². The molecule has 0 bridgehead atoms. The summed E-state index contributed by atoms with van der Waals surface area (Å²) < 4.78 is 22.1. The van der Waals surface area contributed by atoms with Gasteiger partial charge in [-0.1, -0.05) is 23.8 Å². The smallest absolute Gasteiger partial charge is 0.412 e. The molecule has 0 aliphatic carbocycles. The van der Waals surface area contributed by atoms with Crippen LogP contribution in [0.4, 0.5) is 4.79 Å². The molecular weight excluding hydrogens is 406 g/mol. The average molecular weight is 440 g/mol. The van der Waals surface area contributed by atoms with E-state index in [9.17, 15) is 4.79 Å². The first-order valence-corrected chi connectivity index (χ1v) is 10.5. The first-order chi connectivity index (χ1) is 15.2. The van der Waals surface area contributed by atoms with Crippen molar-refractivity contribution in [2.24, 2.45) is 0 Å². The summed E-state index contributed by atoms with van der Waals surface area (Å²) in [6.45, 7) is 13.9. The van der Waals surface area contributed by atoms with Gasteiger partial charge in [0.1, 0.15) is 5.75 Å². The van der Waals surface area contributed by atoms with Crippen LogP contribution in [0.3, 0.4) is 0 Å². The molecule has 0 fully saturated rings. The normalized spacial score (nSPS) is 11.2. The quantitative estimate of drug-likeness (QED) is 0.584. The largest absolute Gasteiger partial charge is 0.496 e. The van der Waals surface area contributed by atoms with Crippen molar-refractivity contribution in [3.05, 3.63) is 64.6 Å². The predicted octanol–water partition coefficient (Wildman–Crippen LogP) is 5.17. The Balaban J connectivity index is 2.20. The molecule has 0 saturated carbocycles. The summed E-state index contributed by atoms with van der Waals surface area (Å²) in [4.78, 5) is 12.6. The molecule has 0 aromatic heterocycles. The number of allylic oxidation sites excluding steroid dienone is 2. The molecule has 172 valence electrons. The summed E-state index contributed by atoms with van der Waals surface area (Å²) in [6, 6.07) is 5.99. The zero-order valence-corrected chi connectivity index (χ0v) is 20.0. The average Bonchev–Trinajstić information content (AvgIpc) is 2.76. The van der Waals surface area contributed by atoms with Crippen molar-refractivity contribution in [1.82, 2.24) is 5.32 Å². The van der Waals surface area contributed by atoms with E-state index < -0.39 is 6.09 Å². The topological polar surface area (TPSA) is 66.0 Å². The van der Waals surface area contributed by atoms with Gasteiger partial charge in [-0.3, -0.25) is 0 Å². The Morgan fingerprint density at radius 3 is 2.25 bits per heavy atom. The van der Waals surface area contributed by atoms with E-state index in [1.807, 2.05) is 52.0 Å². The Morgan fingerprint density at radius 2 is 1.66 bits per heavy atom. The third-order valence-electron chi connectivity index (χ3n) is 5.39. The number of methoxy groups -OCH3 is 3. The van der Waals surface area contributed by atoms with Gasteiger partial charge in [0.25, 0.3) is 0 Å². The minimum absolute atomic E-state index is 0.336. The first kappa shape index (κ1) is 25.1. The summed E-state index contributed by atoms with van der Waals surface area (Å²) in [6.07, 6.45) is 2.59. The highest BCUT2D eigenvalue weighted by atomic mass is 16.6. The summed E-state index contributed by atoms with van der Waals surface area (Å²) in [7, 11) is 4.73. The Morgan fingerprint density at radius 1 is 1.00 bits per heavy atom. The Bertz CT molecular complexity index is 990. The molecule has 0 spiro atoms.